The molecule has 1 aromatic carbocycles. The van der Waals surface area contributed by atoms with Crippen molar-refractivity contribution in [3.63, 3.8) is 0 Å². The molecule has 0 saturated heterocycles. The minimum Gasteiger partial charge on any atom is -0.310 e. The number of nitrogens with one attached hydrogen (secondary N) is 1. The molecule has 0 aliphatic heterocycles. The minimum absolute atomic E-state index is 0.718. The fourth-order valence-electron chi connectivity index (χ4n) is 1.99. The zero-order valence-electron chi connectivity index (χ0n) is 12.1. The highest BCUT2D eigenvalue weighted by atomic mass is 15.0. The lowest BCUT2D eigenvalue weighted by Gasteiger charge is -2.08. The Morgan fingerprint density at radius 3 is 2.47 bits per heavy atom. The highest BCUT2D eigenvalue weighted by Gasteiger charge is 2.05. The highest BCUT2D eigenvalue weighted by Crippen LogP contribution is 2.21. The van der Waals surface area contributed by atoms with Crippen LogP contribution in [-0.4, -0.2) is 16.5 Å². The lowest BCUT2D eigenvalue weighted by Crippen LogP contribution is -2.15. The highest BCUT2D eigenvalue weighted by molar-refractivity contribution is 5.61. The van der Waals surface area contributed by atoms with Crippen molar-refractivity contribution in [1.82, 2.24) is 15.3 Å². The minimum atomic E-state index is 0.718. The summed E-state index contributed by atoms with van der Waals surface area (Å²) in [7, 11) is 0. The quantitative estimate of drug-likeness (QED) is 0.911. The maximum absolute atomic E-state index is 4.64. The van der Waals surface area contributed by atoms with Gasteiger partial charge in [0.15, 0.2) is 0 Å². The zero-order chi connectivity index (χ0) is 13.8. The largest absolute Gasteiger partial charge is 0.310 e. The Morgan fingerprint density at radius 2 is 1.79 bits per heavy atom. The SMILES string of the molecule is CCNCc1nc(C)cc(-c2ccc(C)c(C)c2)n1. The van der Waals surface area contributed by atoms with Gasteiger partial charge in [-0.05, 0) is 50.6 Å². The molecule has 100 valence electrons. The summed E-state index contributed by atoms with van der Waals surface area (Å²) in [5, 5.41) is 3.27. The van der Waals surface area contributed by atoms with Gasteiger partial charge in [-0.3, -0.25) is 0 Å². The van der Waals surface area contributed by atoms with E-state index in [1.807, 2.05) is 13.0 Å². The Bertz CT molecular complexity index is 576. The van der Waals surface area contributed by atoms with Crippen molar-refractivity contribution in [2.75, 3.05) is 6.54 Å². The number of hydrogen-bond acceptors (Lipinski definition) is 3. The molecule has 0 bridgehead atoms. The molecule has 0 aliphatic rings. The van der Waals surface area contributed by atoms with Gasteiger partial charge in [0, 0.05) is 11.3 Å². The third kappa shape index (κ3) is 3.38. The topological polar surface area (TPSA) is 37.8 Å². The van der Waals surface area contributed by atoms with Crippen molar-refractivity contribution in [2.45, 2.75) is 34.2 Å². The van der Waals surface area contributed by atoms with Crippen LogP contribution in [0.25, 0.3) is 11.3 Å². The van der Waals surface area contributed by atoms with Crippen LogP contribution in [0, 0.1) is 20.8 Å². The van der Waals surface area contributed by atoms with Crippen LogP contribution in [0.5, 0.6) is 0 Å². The van der Waals surface area contributed by atoms with Crippen LogP contribution < -0.4 is 5.32 Å². The second kappa shape index (κ2) is 5.93. The van der Waals surface area contributed by atoms with Gasteiger partial charge in [0.05, 0.1) is 12.2 Å². The van der Waals surface area contributed by atoms with Crippen LogP contribution in [0.2, 0.25) is 0 Å². The van der Waals surface area contributed by atoms with Crippen molar-refractivity contribution in [3.8, 4) is 11.3 Å². The smallest absolute Gasteiger partial charge is 0.143 e. The Kier molecular flexibility index (Phi) is 4.27. The molecule has 1 heterocycles. The molecule has 1 N–H and O–H groups in total. The molecule has 3 heteroatoms. The molecular weight excluding hydrogens is 234 g/mol. The van der Waals surface area contributed by atoms with Crippen LogP contribution >= 0.6 is 0 Å². The van der Waals surface area contributed by atoms with Crippen molar-refractivity contribution >= 4 is 0 Å². The van der Waals surface area contributed by atoms with Crippen LogP contribution in [0.1, 0.15) is 29.6 Å². The van der Waals surface area contributed by atoms with Crippen LogP contribution in [0.15, 0.2) is 24.3 Å². The molecule has 0 spiro atoms. The average Bonchev–Trinajstić information content (AvgIpc) is 2.39. The van der Waals surface area contributed by atoms with E-state index in [9.17, 15) is 0 Å². The number of benzene rings is 1. The van der Waals surface area contributed by atoms with E-state index in [2.05, 4.69) is 54.3 Å². The standard InChI is InChI=1S/C16H21N3/c1-5-17-10-16-18-13(4)9-15(19-16)14-7-6-11(2)12(3)8-14/h6-9,17H,5,10H2,1-4H3. The molecule has 2 aromatic rings. The van der Waals surface area contributed by atoms with Crippen LogP contribution in [-0.2, 0) is 6.54 Å². The van der Waals surface area contributed by atoms with E-state index >= 15 is 0 Å². The molecular formula is C16H21N3. The lowest BCUT2D eigenvalue weighted by molar-refractivity contribution is 0.688. The summed E-state index contributed by atoms with van der Waals surface area (Å²) < 4.78 is 0. The second-order valence-corrected chi connectivity index (χ2v) is 4.89. The van der Waals surface area contributed by atoms with Crippen molar-refractivity contribution in [2.24, 2.45) is 0 Å². The lowest BCUT2D eigenvalue weighted by atomic mass is 10.0. The van der Waals surface area contributed by atoms with E-state index < -0.39 is 0 Å². The number of nitrogens with zero attached hydrogens (tertiary/aromatic N) is 2. The first-order valence-corrected chi connectivity index (χ1v) is 6.73. The van der Waals surface area contributed by atoms with Gasteiger partial charge >= 0.3 is 0 Å². The summed E-state index contributed by atoms with van der Waals surface area (Å²) >= 11 is 0. The van der Waals surface area contributed by atoms with E-state index in [4.69, 9.17) is 0 Å². The molecule has 3 nitrogen and oxygen atoms in total. The fourth-order valence-corrected chi connectivity index (χ4v) is 1.99. The molecule has 19 heavy (non-hydrogen) atoms. The summed E-state index contributed by atoms with van der Waals surface area (Å²) in [6.07, 6.45) is 0. The Labute approximate surface area is 115 Å². The van der Waals surface area contributed by atoms with Gasteiger partial charge in [-0.15, -0.1) is 0 Å². The van der Waals surface area contributed by atoms with Gasteiger partial charge in [-0.1, -0.05) is 19.1 Å². The summed E-state index contributed by atoms with van der Waals surface area (Å²) in [4.78, 5) is 9.10. The molecule has 0 amide bonds. The molecule has 0 aliphatic carbocycles. The Hall–Kier alpha value is -1.74. The molecule has 0 atom stereocenters. The number of hydrogen-bond donors (Lipinski definition) is 1. The molecule has 1 aromatic heterocycles. The van der Waals surface area contributed by atoms with Gasteiger partial charge in [0.1, 0.15) is 5.82 Å². The van der Waals surface area contributed by atoms with E-state index in [1.54, 1.807) is 0 Å². The summed E-state index contributed by atoms with van der Waals surface area (Å²) in [5.74, 6) is 0.857. The van der Waals surface area contributed by atoms with E-state index in [-0.39, 0.29) is 0 Å². The first kappa shape index (κ1) is 13.7. The predicted molar refractivity (Wildman–Crippen MR) is 79.1 cm³/mol. The van der Waals surface area contributed by atoms with Gasteiger partial charge in [0.25, 0.3) is 0 Å². The molecule has 0 unspecified atom stereocenters. The van der Waals surface area contributed by atoms with E-state index in [0.29, 0.717) is 0 Å². The van der Waals surface area contributed by atoms with Crippen LogP contribution in [0.3, 0.4) is 0 Å². The number of rotatable bonds is 4. The third-order valence-electron chi connectivity index (χ3n) is 3.24. The van der Waals surface area contributed by atoms with Gasteiger partial charge in [-0.2, -0.15) is 0 Å². The number of aryl methyl sites for hydroxylation is 3. The monoisotopic (exact) mass is 255 g/mol. The molecule has 0 fully saturated rings. The summed E-state index contributed by atoms with van der Waals surface area (Å²) in [6, 6.07) is 8.50. The summed E-state index contributed by atoms with van der Waals surface area (Å²) in [6.45, 7) is 10.0. The summed E-state index contributed by atoms with van der Waals surface area (Å²) in [5.41, 5.74) is 5.77. The van der Waals surface area contributed by atoms with E-state index in [1.165, 1.54) is 11.1 Å². The maximum atomic E-state index is 4.64. The Morgan fingerprint density at radius 1 is 1.00 bits per heavy atom. The molecule has 0 saturated carbocycles. The van der Waals surface area contributed by atoms with E-state index in [0.717, 1.165) is 35.9 Å². The molecule has 0 radical (unpaired) electrons. The van der Waals surface area contributed by atoms with Gasteiger partial charge in [-0.25, -0.2) is 9.97 Å². The predicted octanol–water partition coefficient (Wildman–Crippen LogP) is 3.18. The molecule has 2 rings (SSSR count). The number of aromatic nitrogens is 2. The van der Waals surface area contributed by atoms with Crippen LogP contribution in [0.4, 0.5) is 0 Å². The van der Waals surface area contributed by atoms with Crippen molar-refractivity contribution < 1.29 is 0 Å². The van der Waals surface area contributed by atoms with Gasteiger partial charge < -0.3 is 5.32 Å². The zero-order valence-corrected chi connectivity index (χ0v) is 12.1. The van der Waals surface area contributed by atoms with Crippen molar-refractivity contribution in [1.29, 1.82) is 0 Å². The third-order valence-corrected chi connectivity index (χ3v) is 3.24. The second-order valence-electron chi connectivity index (χ2n) is 4.89. The van der Waals surface area contributed by atoms with Gasteiger partial charge in [0.2, 0.25) is 0 Å². The van der Waals surface area contributed by atoms with Crippen molar-refractivity contribution in [3.05, 3.63) is 46.9 Å². The Balaban J connectivity index is 2.37. The first-order chi connectivity index (χ1) is 9.10. The maximum Gasteiger partial charge on any atom is 0.143 e. The normalized spacial score (nSPS) is 10.7. The first-order valence-electron chi connectivity index (χ1n) is 6.73. The average molecular weight is 255 g/mol. The fraction of sp³-hybridized carbons (Fsp3) is 0.375.